The molecule has 1 heterocycles. The van der Waals surface area contributed by atoms with E-state index in [2.05, 4.69) is 10.6 Å². The number of sulfonamides is 1. The van der Waals surface area contributed by atoms with E-state index in [1.807, 2.05) is 0 Å². The summed E-state index contributed by atoms with van der Waals surface area (Å²) in [6.07, 6.45) is 0.842. The van der Waals surface area contributed by atoms with Gasteiger partial charge in [0.2, 0.25) is 15.9 Å². The fraction of sp³-hybridized carbons (Fsp3) is 0.179. The third kappa shape index (κ3) is 6.29. The van der Waals surface area contributed by atoms with Gasteiger partial charge in [0.25, 0.3) is 5.91 Å². The van der Waals surface area contributed by atoms with E-state index in [4.69, 9.17) is 5.11 Å². The average Bonchev–Trinajstić information content (AvgIpc) is 3.20. The highest BCUT2D eigenvalue weighted by molar-refractivity contribution is 7.92. The first kappa shape index (κ1) is 28.3. The lowest BCUT2D eigenvalue weighted by Crippen LogP contribution is -2.39. The van der Waals surface area contributed by atoms with Crippen molar-refractivity contribution in [3.05, 3.63) is 89.2 Å². The number of carboxylic acid groups (broad SMARTS) is 1. The minimum absolute atomic E-state index is 0.170. The molecule has 0 fully saturated rings. The van der Waals surface area contributed by atoms with Gasteiger partial charge in [-0.3, -0.25) is 18.7 Å². The van der Waals surface area contributed by atoms with Crippen LogP contribution in [0.15, 0.2) is 66.7 Å². The van der Waals surface area contributed by atoms with Crippen molar-refractivity contribution < 1.29 is 32.3 Å². The van der Waals surface area contributed by atoms with Gasteiger partial charge in [-0.25, -0.2) is 12.8 Å². The van der Waals surface area contributed by atoms with E-state index in [9.17, 15) is 27.2 Å². The van der Waals surface area contributed by atoms with Crippen LogP contribution in [0, 0.1) is 5.82 Å². The van der Waals surface area contributed by atoms with Crippen LogP contribution in [0.5, 0.6) is 0 Å². The minimum Gasteiger partial charge on any atom is -0.481 e. The zero-order valence-corrected chi connectivity index (χ0v) is 22.8. The summed E-state index contributed by atoms with van der Waals surface area (Å²) in [5, 5.41) is 15.0. The Morgan fingerprint density at radius 3 is 2.23 bits per heavy atom. The van der Waals surface area contributed by atoms with Crippen LogP contribution in [-0.2, 0) is 30.8 Å². The van der Waals surface area contributed by atoms with Crippen molar-refractivity contribution in [1.29, 1.82) is 0 Å². The summed E-state index contributed by atoms with van der Waals surface area (Å²) in [6.45, 7) is -0.371. The number of carbonyl (C=O) groups is 3. The first-order valence-electron chi connectivity index (χ1n) is 12.0. The first-order chi connectivity index (χ1) is 18.8. The number of nitrogens with one attached hydrogen (secondary N) is 2. The molecule has 3 N–H and O–H groups in total. The predicted octanol–water partition coefficient (Wildman–Crippen LogP) is 3.24. The first-order valence-corrected chi connectivity index (χ1v) is 13.9. The number of carboxylic acids is 1. The van der Waals surface area contributed by atoms with E-state index in [1.165, 1.54) is 49.3 Å². The van der Waals surface area contributed by atoms with Crippen LogP contribution < -0.4 is 14.9 Å². The SMILES string of the molecule is CN(C)C(=O)CN(c1ccc(N/C(=C2\C(=O)Nc3cc(F)ccc32)c2ccc(CC(=O)O)cc2)cc1)S(C)(=O)=O. The highest BCUT2D eigenvalue weighted by Gasteiger charge is 2.29. The molecule has 0 saturated heterocycles. The molecule has 1 aliphatic rings. The summed E-state index contributed by atoms with van der Waals surface area (Å²) in [5.74, 6) is -2.34. The molecule has 0 unspecified atom stereocenters. The number of nitrogens with zero attached hydrogens (tertiary/aromatic N) is 2. The number of amides is 2. The third-order valence-corrected chi connectivity index (χ3v) is 7.32. The molecule has 0 spiro atoms. The second kappa shape index (κ2) is 11.2. The quantitative estimate of drug-likeness (QED) is 0.338. The Morgan fingerprint density at radius 2 is 1.65 bits per heavy atom. The molecule has 4 rings (SSSR count). The molecule has 3 aromatic rings. The van der Waals surface area contributed by atoms with Crippen molar-refractivity contribution in [1.82, 2.24) is 4.90 Å². The van der Waals surface area contributed by atoms with Gasteiger partial charge in [0, 0.05) is 25.3 Å². The normalized spacial score (nSPS) is 13.8. The van der Waals surface area contributed by atoms with Gasteiger partial charge in [-0.1, -0.05) is 24.3 Å². The van der Waals surface area contributed by atoms with Crippen LogP contribution in [-0.4, -0.2) is 63.1 Å². The molecule has 3 aromatic carbocycles. The molecular formula is C28H27FN4O6S. The molecule has 0 radical (unpaired) electrons. The predicted molar refractivity (Wildman–Crippen MR) is 151 cm³/mol. The molecule has 12 heteroatoms. The van der Waals surface area contributed by atoms with Crippen LogP contribution in [0.4, 0.5) is 21.5 Å². The molecule has 0 atom stereocenters. The van der Waals surface area contributed by atoms with Crippen LogP contribution in [0.1, 0.15) is 16.7 Å². The smallest absolute Gasteiger partial charge is 0.307 e. The Morgan fingerprint density at radius 1 is 1.00 bits per heavy atom. The number of halogens is 1. The summed E-state index contributed by atoms with van der Waals surface area (Å²) in [5.41, 5.74) is 3.31. The van der Waals surface area contributed by atoms with E-state index in [1.54, 1.807) is 36.4 Å². The Hall–Kier alpha value is -4.71. The fourth-order valence-electron chi connectivity index (χ4n) is 4.16. The fourth-order valence-corrected chi connectivity index (χ4v) is 5.01. The molecule has 208 valence electrons. The van der Waals surface area contributed by atoms with Gasteiger partial charge in [0.15, 0.2) is 0 Å². The summed E-state index contributed by atoms with van der Waals surface area (Å²) >= 11 is 0. The van der Waals surface area contributed by atoms with E-state index in [0.717, 1.165) is 10.6 Å². The second-order valence-electron chi connectivity index (χ2n) is 9.39. The van der Waals surface area contributed by atoms with E-state index < -0.39 is 33.6 Å². The maximum Gasteiger partial charge on any atom is 0.307 e. The van der Waals surface area contributed by atoms with Crippen molar-refractivity contribution >= 4 is 56.1 Å². The van der Waals surface area contributed by atoms with Crippen molar-refractivity contribution in [2.24, 2.45) is 0 Å². The number of anilines is 3. The zero-order valence-electron chi connectivity index (χ0n) is 21.9. The number of hydrogen-bond donors (Lipinski definition) is 3. The number of fused-ring (bicyclic) bond motifs is 1. The maximum absolute atomic E-state index is 13.8. The topological polar surface area (TPSA) is 136 Å². The Labute approximate surface area is 230 Å². The molecule has 10 nitrogen and oxygen atoms in total. The van der Waals surface area contributed by atoms with E-state index in [-0.39, 0.29) is 24.2 Å². The molecule has 0 aromatic heterocycles. The number of likely N-dealkylation sites (N-methyl/N-ethyl adjacent to an activating group) is 1. The van der Waals surface area contributed by atoms with Gasteiger partial charge in [-0.05, 0) is 53.6 Å². The molecule has 0 aliphatic carbocycles. The number of hydrogen-bond acceptors (Lipinski definition) is 6. The van der Waals surface area contributed by atoms with Gasteiger partial charge in [0.1, 0.15) is 12.4 Å². The lowest BCUT2D eigenvalue weighted by molar-refractivity contribution is -0.136. The monoisotopic (exact) mass is 566 g/mol. The lowest BCUT2D eigenvalue weighted by atomic mass is 9.98. The van der Waals surface area contributed by atoms with Gasteiger partial charge >= 0.3 is 5.97 Å². The number of aliphatic carboxylic acids is 1. The number of carbonyl (C=O) groups excluding carboxylic acids is 2. The van der Waals surface area contributed by atoms with Crippen molar-refractivity contribution in [2.75, 3.05) is 41.8 Å². The average molecular weight is 567 g/mol. The maximum atomic E-state index is 13.8. The van der Waals surface area contributed by atoms with E-state index in [0.29, 0.717) is 33.8 Å². The van der Waals surface area contributed by atoms with E-state index >= 15 is 0 Å². The molecular weight excluding hydrogens is 539 g/mol. The molecule has 40 heavy (non-hydrogen) atoms. The van der Waals surface area contributed by atoms with Crippen molar-refractivity contribution in [3.8, 4) is 0 Å². The van der Waals surface area contributed by atoms with Crippen molar-refractivity contribution in [2.45, 2.75) is 6.42 Å². The van der Waals surface area contributed by atoms with Crippen molar-refractivity contribution in [3.63, 3.8) is 0 Å². The zero-order chi connectivity index (χ0) is 29.2. The highest BCUT2D eigenvalue weighted by Crippen LogP contribution is 2.38. The molecule has 2 amide bonds. The Bertz CT molecular complexity index is 1620. The van der Waals surface area contributed by atoms with Crippen LogP contribution >= 0.6 is 0 Å². The largest absolute Gasteiger partial charge is 0.481 e. The number of benzene rings is 3. The van der Waals surface area contributed by atoms with Gasteiger partial charge in [-0.2, -0.15) is 0 Å². The van der Waals surface area contributed by atoms with Crippen LogP contribution in [0.2, 0.25) is 0 Å². The Kier molecular flexibility index (Phi) is 7.91. The van der Waals surface area contributed by atoms with Gasteiger partial charge in [0.05, 0.1) is 35.3 Å². The third-order valence-electron chi connectivity index (χ3n) is 6.18. The van der Waals surface area contributed by atoms with Crippen LogP contribution in [0.3, 0.4) is 0 Å². The molecule has 1 aliphatic heterocycles. The second-order valence-corrected chi connectivity index (χ2v) is 11.3. The standard InChI is InChI=1S/C28H27FN4O6S/c1-32(2)24(34)16-33(40(3,38)39)21-11-9-20(10-12-21)30-27(18-6-4-17(5-7-18)14-25(35)36)26-22-13-8-19(29)15-23(22)31-28(26)37/h4-13,15,30H,14,16H2,1-3H3,(H,31,37)(H,35,36)/b27-26-. The molecule has 0 bridgehead atoms. The van der Waals surface area contributed by atoms with Gasteiger partial charge < -0.3 is 20.6 Å². The summed E-state index contributed by atoms with van der Waals surface area (Å²) in [7, 11) is -0.700. The highest BCUT2D eigenvalue weighted by atomic mass is 32.2. The Balaban J connectivity index is 1.75. The molecule has 0 saturated carbocycles. The van der Waals surface area contributed by atoms with Crippen LogP contribution in [0.25, 0.3) is 11.3 Å². The lowest BCUT2D eigenvalue weighted by Gasteiger charge is -2.24. The minimum atomic E-state index is -3.76. The summed E-state index contributed by atoms with van der Waals surface area (Å²) in [6, 6.07) is 16.9. The number of rotatable bonds is 9. The summed E-state index contributed by atoms with van der Waals surface area (Å²) < 4.78 is 39.7. The van der Waals surface area contributed by atoms with Gasteiger partial charge in [-0.15, -0.1) is 0 Å². The summed E-state index contributed by atoms with van der Waals surface area (Å²) in [4.78, 5) is 37.7.